The van der Waals surface area contributed by atoms with Crippen molar-refractivity contribution in [2.45, 2.75) is 63.5 Å². The molecule has 0 aromatic heterocycles. The molecule has 1 atom stereocenters. The van der Waals surface area contributed by atoms with Crippen molar-refractivity contribution in [3.63, 3.8) is 0 Å². The van der Waals surface area contributed by atoms with Crippen LogP contribution in [0.5, 0.6) is 5.75 Å². The van der Waals surface area contributed by atoms with Gasteiger partial charge in [-0.15, -0.1) is 0 Å². The summed E-state index contributed by atoms with van der Waals surface area (Å²) < 4.78 is 6.59. The highest BCUT2D eigenvalue weighted by Gasteiger charge is 2.44. The van der Waals surface area contributed by atoms with Crippen LogP contribution in [0.15, 0.2) is 30.0 Å². The van der Waals surface area contributed by atoms with Crippen LogP contribution in [-0.4, -0.2) is 67.0 Å². The lowest BCUT2D eigenvalue weighted by Crippen LogP contribution is -2.54. The lowest BCUT2D eigenvalue weighted by atomic mass is 9.80. The number of likely N-dealkylation sites (tertiary alicyclic amines) is 2. The van der Waals surface area contributed by atoms with Crippen molar-refractivity contribution in [1.82, 2.24) is 15.1 Å². The van der Waals surface area contributed by atoms with E-state index in [-0.39, 0.29) is 17.6 Å². The standard InChI is InChI=1S/C27H39N5O2/c1-20-3-4-25-23(17-20)24(30-2)18-27(34-25)9-15-32(16-10-27)26(33)22-7-13-31(14-8-22)19-21(5-11-28)6-12-29/h3-4,11-12,17,19,22,24,28-30H,5-10,13-16,18H2,1-2H3. The predicted molar refractivity (Wildman–Crippen MR) is 136 cm³/mol. The third-order valence-corrected chi connectivity index (χ3v) is 7.75. The van der Waals surface area contributed by atoms with Crippen LogP contribution >= 0.6 is 0 Å². The van der Waals surface area contributed by atoms with E-state index in [4.69, 9.17) is 15.6 Å². The fourth-order valence-corrected chi connectivity index (χ4v) is 5.73. The van der Waals surface area contributed by atoms with Gasteiger partial charge in [0.25, 0.3) is 0 Å². The van der Waals surface area contributed by atoms with Crippen LogP contribution in [0.2, 0.25) is 0 Å². The first-order valence-electron chi connectivity index (χ1n) is 12.6. The van der Waals surface area contributed by atoms with Crippen molar-refractivity contribution in [3.05, 3.63) is 41.1 Å². The molecule has 1 unspecified atom stereocenters. The molecule has 34 heavy (non-hydrogen) atoms. The maximum absolute atomic E-state index is 13.3. The maximum atomic E-state index is 13.3. The second-order valence-corrected chi connectivity index (χ2v) is 10.1. The number of aryl methyl sites for hydroxylation is 1. The van der Waals surface area contributed by atoms with E-state index in [2.05, 4.69) is 46.4 Å². The molecule has 3 aliphatic rings. The molecule has 3 heterocycles. The van der Waals surface area contributed by atoms with Gasteiger partial charge in [0.1, 0.15) is 11.4 Å². The van der Waals surface area contributed by atoms with Gasteiger partial charge in [-0.2, -0.15) is 0 Å². The number of hydrogen-bond acceptors (Lipinski definition) is 6. The van der Waals surface area contributed by atoms with Crippen LogP contribution in [0.4, 0.5) is 0 Å². The quantitative estimate of drug-likeness (QED) is 0.529. The summed E-state index contributed by atoms with van der Waals surface area (Å²) in [5.74, 6) is 1.38. The van der Waals surface area contributed by atoms with Gasteiger partial charge in [-0.05, 0) is 57.1 Å². The topological polar surface area (TPSA) is 92.5 Å². The molecule has 3 aliphatic heterocycles. The monoisotopic (exact) mass is 465 g/mol. The third kappa shape index (κ3) is 5.35. The lowest BCUT2D eigenvalue weighted by molar-refractivity contribution is -0.141. The number of ether oxygens (including phenoxy) is 1. The largest absolute Gasteiger partial charge is 0.487 e. The summed E-state index contributed by atoms with van der Waals surface area (Å²) >= 11 is 0. The first kappa shape index (κ1) is 24.5. The van der Waals surface area contributed by atoms with Gasteiger partial charge in [-0.25, -0.2) is 0 Å². The number of nitrogens with zero attached hydrogens (tertiary/aromatic N) is 2. The molecule has 2 saturated heterocycles. The first-order chi connectivity index (χ1) is 16.5. The number of carbonyl (C=O) groups is 1. The van der Waals surface area contributed by atoms with Gasteiger partial charge in [0.2, 0.25) is 5.91 Å². The number of fused-ring (bicyclic) bond motifs is 1. The Morgan fingerprint density at radius 2 is 1.82 bits per heavy atom. The number of benzene rings is 1. The Balaban J connectivity index is 1.32. The van der Waals surface area contributed by atoms with Gasteiger partial charge in [-0.3, -0.25) is 4.79 Å². The van der Waals surface area contributed by atoms with Crippen LogP contribution in [-0.2, 0) is 4.79 Å². The summed E-state index contributed by atoms with van der Waals surface area (Å²) in [5, 5.41) is 18.2. The summed E-state index contributed by atoms with van der Waals surface area (Å²) in [4.78, 5) is 17.6. The number of rotatable bonds is 7. The fraction of sp³-hybridized carbons (Fsp3) is 0.593. The van der Waals surface area contributed by atoms with Crippen LogP contribution in [0.3, 0.4) is 0 Å². The van der Waals surface area contributed by atoms with Crippen molar-refractivity contribution < 1.29 is 9.53 Å². The molecular weight excluding hydrogens is 426 g/mol. The molecule has 1 aromatic carbocycles. The van der Waals surface area contributed by atoms with Gasteiger partial charge in [0.05, 0.1) is 0 Å². The minimum absolute atomic E-state index is 0.0913. The summed E-state index contributed by atoms with van der Waals surface area (Å²) in [6.07, 6.45) is 10.5. The Morgan fingerprint density at radius 3 is 2.44 bits per heavy atom. The summed E-state index contributed by atoms with van der Waals surface area (Å²) in [6.45, 7) is 5.36. The number of allylic oxidation sites excluding steroid dienone is 1. The maximum Gasteiger partial charge on any atom is 0.225 e. The van der Waals surface area contributed by atoms with Crippen molar-refractivity contribution in [1.29, 1.82) is 10.8 Å². The molecule has 7 heteroatoms. The molecule has 1 aromatic rings. The van der Waals surface area contributed by atoms with E-state index in [1.54, 1.807) is 0 Å². The second-order valence-electron chi connectivity index (χ2n) is 10.1. The highest BCUT2D eigenvalue weighted by atomic mass is 16.5. The van der Waals surface area contributed by atoms with E-state index < -0.39 is 0 Å². The summed E-state index contributed by atoms with van der Waals surface area (Å²) in [7, 11) is 2.02. The number of piperidine rings is 2. The average Bonchev–Trinajstić information content (AvgIpc) is 2.85. The molecule has 4 rings (SSSR count). The van der Waals surface area contributed by atoms with Crippen molar-refractivity contribution in [3.8, 4) is 5.75 Å². The highest BCUT2D eigenvalue weighted by molar-refractivity contribution is 5.79. The molecule has 184 valence electrons. The zero-order valence-electron chi connectivity index (χ0n) is 20.6. The van der Waals surface area contributed by atoms with E-state index in [0.29, 0.717) is 18.7 Å². The second kappa shape index (κ2) is 10.7. The fourth-order valence-electron chi connectivity index (χ4n) is 5.73. The van der Waals surface area contributed by atoms with E-state index in [9.17, 15) is 4.79 Å². The van der Waals surface area contributed by atoms with E-state index >= 15 is 0 Å². The van der Waals surface area contributed by atoms with E-state index in [0.717, 1.165) is 69.6 Å². The van der Waals surface area contributed by atoms with Crippen LogP contribution in [0.25, 0.3) is 0 Å². The van der Waals surface area contributed by atoms with Crippen LogP contribution in [0.1, 0.15) is 62.1 Å². The normalized spacial score (nSPS) is 22.0. The molecule has 1 amide bonds. The molecule has 0 radical (unpaired) electrons. The van der Waals surface area contributed by atoms with Crippen molar-refractivity contribution >= 4 is 18.3 Å². The summed E-state index contributed by atoms with van der Waals surface area (Å²) in [5.41, 5.74) is 3.39. The zero-order chi connectivity index (χ0) is 24.1. The summed E-state index contributed by atoms with van der Waals surface area (Å²) in [6, 6.07) is 6.73. The van der Waals surface area contributed by atoms with Crippen LogP contribution in [0, 0.1) is 23.7 Å². The minimum Gasteiger partial charge on any atom is -0.487 e. The van der Waals surface area contributed by atoms with E-state index in [1.165, 1.54) is 23.6 Å². The lowest BCUT2D eigenvalue weighted by Gasteiger charge is -2.47. The Morgan fingerprint density at radius 1 is 1.15 bits per heavy atom. The van der Waals surface area contributed by atoms with Gasteiger partial charge in [0, 0.05) is 75.8 Å². The molecule has 1 spiro atoms. The highest BCUT2D eigenvalue weighted by Crippen LogP contribution is 2.44. The number of nitrogens with one attached hydrogen (secondary N) is 3. The molecule has 0 saturated carbocycles. The smallest absolute Gasteiger partial charge is 0.225 e. The van der Waals surface area contributed by atoms with Gasteiger partial charge >= 0.3 is 0 Å². The Kier molecular flexibility index (Phi) is 7.71. The van der Waals surface area contributed by atoms with Gasteiger partial charge in [-0.1, -0.05) is 17.7 Å². The Bertz CT molecular complexity index is 915. The molecule has 3 N–H and O–H groups in total. The molecular formula is C27H39N5O2. The van der Waals surface area contributed by atoms with Gasteiger partial charge in [0.15, 0.2) is 0 Å². The number of hydrogen-bond donors (Lipinski definition) is 3. The number of carbonyl (C=O) groups excluding carboxylic acids is 1. The zero-order valence-corrected chi connectivity index (χ0v) is 20.6. The van der Waals surface area contributed by atoms with E-state index in [1.807, 2.05) is 7.05 Å². The molecule has 7 nitrogen and oxygen atoms in total. The van der Waals surface area contributed by atoms with Crippen molar-refractivity contribution in [2.75, 3.05) is 33.2 Å². The molecule has 0 bridgehead atoms. The van der Waals surface area contributed by atoms with Crippen molar-refractivity contribution in [2.24, 2.45) is 5.92 Å². The molecule has 2 fully saturated rings. The Labute approximate surface area is 203 Å². The average molecular weight is 466 g/mol. The minimum atomic E-state index is -0.193. The SMILES string of the molecule is CNC1CC2(CCN(C(=O)C3CCN(C=C(CC=N)CC=N)CC3)CC2)Oc2ccc(C)cc21. The predicted octanol–water partition coefficient (Wildman–Crippen LogP) is 4.07. The number of amides is 1. The molecule has 0 aliphatic carbocycles. The van der Waals surface area contributed by atoms with Gasteiger partial charge < -0.3 is 30.7 Å². The third-order valence-electron chi connectivity index (χ3n) is 7.75. The Hall–Kier alpha value is -2.67. The van der Waals surface area contributed by atoms with Crippen LogP contribution < -0.4 is 10.1 Å². The first-order valence-corrected chi connectivity index (χ1v) is 12.6.